The van der Waals surface area contributed by atoms with Crippen LogP contribution in [0.5, 0.6) is 17.2 Å². The minimum Gasteiger partial charge on any atom is -0.508 e. The van der Waals surface area contributed by atoms with Gasteiger partial charge in [-0.1, -0.05) is 6.07 Å². The SMILES string of the molecule is Cc1cc(C)cc(Oc2ccc(-c3cc(=O)c4cc(O)ccc4o3)cc2)c1. The molecule has 4 nitrogen and oxygen atoms in total. The predicted octanol–water partition coefficient (Wildman–Crippen LogP) is 5.57. The third kappa shape index (κ3) is 3.55. The van der Waals surface area contributed by atoms with Gasteiger partial charge in [-0.2, -0.15) is 0 Å². The van der Waals surface area contributed by atoms with Crippen molar-refractivity contribution in [3.8, 4) is 28.6 Å². The molecule has 1 N–H and O–H groups in total. The molecule has 0 unspecified atom stereocenters. The Bertz CT molecular complexity index is 1170. The van der Waals surface area contributed by atoms with Crippen LogP contribution in [-0.2, 0) is 0 Å². The first-order valence-electron chi connectivity index (χ1n) is 8.61. The van der Waals surface area contributed by atoms with Crippen LogP contribution in [0.1, 0.15) is 11.1 Å². The number of hydrogen-bond donors (Lipinski definition) is 1. The number of aryl methyl sites for hydroxylation is 2. The third-order valence-corrected chi connectivity index (χ3v) is 4.28. The van der Waals surface area contributed by atoms with Crippen LogP contribution in [0.3, 0.4) is 0 Å². The molecule has 4 heteroatoms. The van der Waals surface area contributed by atoms with E-state index in [1.54, 1.807) is 6.07 Å². The fourth-order valence-electron chi connectivity index (χ4n) is 3.10. The number of phenolic OH excluding ortho intramolecular Hbond substituents is 1. The molecule has 0 amide bonds. The Labute approximate surface area is 156 Å². The molecule has 4 rings (SSSR count). The van der Waals surface area contributed by atoms with Crippen LogP contribution >= 0.6 is 0 Å². The molecule has 1 aromatic heterocycles. The zero-order valence-electron chi connectivity index (χ0n) is 15.0. The summed E-state index contributed by atoms with van der Waals surface area (Å²) < 4.78 is 11.7. The van der Waals surface area contributed by atoms with Gasteiger partial charge in [-0.15, -0.1) is 0 Å². The van der Waals surface area contributed by atoms with E-state index in [-0.39, 0.29) is 11.2 Å². The summed E-state index contributed by atoms with van der Waals surface area (Å²) in [6.07, 6.45) is 0. The number of ether oxygens (including phenoxy) is 1. The molecule has 1 heterocycles. The quantitative estimate of drug-likeness (QED) is 0.520. The summed E-state index contributed by atoms with van der Waals surface area (Å²) >= 11 is 0. The second-order valence-electron chi connectivity index (χ2n) is 6.61. The second-order valence-corrected chi connectivity index (χ2v) is 6.61. The Balaban J connectivity index is 1.65. The van der Waals surface area contributed by atoms with E-state index >= 15 is 0 Å². The molecule has 3 aromatic carbocycles. The lowest BCUT2D eigenvalue weighted by Gasteiger charge is -2.09. The Hall–Kier alpha value is -3.53. The molecule has 0 aliphatic carbocycles. The van der Waals surface area contributed by atoms with E-state index in [4.69, 9.17) is 9.15 Å². The Kier molecular flexibility index (Phi) is 4.16. The van der Waals surface area contributed by atoms with Gasteiger partial charge in [0.25, 0.3) is 0 Å². The maximum Gasteiger partial charge on any atom is 0.193 e. The Morgan fingerprint density at radius 3 is 2.22 bits per heavy atom. The zero-order valence-corrected chi connectivity index (χ0v) is 15.0. The fourth-order valence-corrected chi connectivity index (χ4v) is 3.10. The molecule has 134 valence electrons. The highest BCUT2D eigenvalue weighted by molar-refractivity contribution is 5.80. The van der Waals surface area contributed by atoms with Gasteiger partial charge in [0, 0.05) is 11.6 Å². The van der Waals surface area contributed by atoms with E-state index < -0.39 is 0 Å². The van der Waals surface area contributed by atoms with Gasteiger partial charge >= 0.3 is 0 Å². The highest BCUT2D eigenvalue weighted by Gasteiger charge is 2.08. The summed E-state index contributed by atoms with van der Waals surface area (Å²) in [5.41, 5.74) is 3.30. The minimum atomic E-state index is -0.197. The molecule has 0 saturated heterocycles. The van der Waals surface area contributed by atoms with Gasteiger partial charge < -0.3 is 14.3 Å². The van der Waals surface area contributed by atoms with Gasteiger partial charge in [0.1, 0.15) is 28.6 Å². The first kappa shape index (κ1) is 16.9. The monoisotopic (exact) mass is 358 g/mol. The summed E-state index contributed by atoms with van der Waals surface area (Å²) in [7, 11) is 0. The standard InChI is InChI=1S/C23H18O4/c1-14-9-15(2)11-19(10-14)26-18-6-3-16(4-7-18)23-13-21(25)20-12-17(24)5-8-22(20)27-23/h3-13,24H,1-2H3. The van der Waals surface area contributed by atoms with Crippen LogP contribution in [0.4, 0.5) is 0 Å². The molecule has 4 aromatic rings. The van der Waals surface area contributed by atoms with E-state index in [1.807, 2.05) is 50.2 Å². The molecular weight excluding hydrogens is 340 g/mol. The van der Waals surface area contributed by atoms with Crippen LogP contribution in [-0.4, -0.2) is 5.11 Å². The summed E-state index contributed by atoms with van der Waals surface area (Å²) in [4.78, 5) is 12.3. The highest BCUT2D eigenvalue weighted by atomic mass is 16.5. The van der Waals surface area contributed by atoms with E-state index in [0.717, 1.165) is 22.4 Å². The number of rotatable bonds is 3. The first-order chi connectivity index (χ1) is 13.0. The van der Waals surface area contributed by atoms with Gasteiger partial charge in [-0.25, -0.2) is 0 Å². The van der Waals surface area contributed by atoms with Crippen LogP contribution in [0, 0.1) is 13.8 Å². The van der Waals surface area contributed by atoms with Gasteiger partial charge in [0.2, 0.25) is 0 Å². The lowest BCUT2D eigenvalue weighted by molar-refractivity contribution is 0.475. The number of benzene rings is 3. The molecule has 27 heavy (non-hydrogen) atoms. The molecule has 0 aliphatic heterocycles. The average Bonchev–Trinajstić information content (AvgIpc) is 2.62. The normalized spacial score (nSPS) is 10.9. The van der Waals surface area contributed by atoms with Gasteiger partial charge in [-0.3, -0.25) is 4.79 Å². The van der Waals surface area contributed by atoms with Crippen molar-refractivity contribution >= 4 is 11.0 Å². The summed E-state index contributed by atoms with van der Waals surface area (Å²) in [6, 6.07) is 19.4. The highest BCUT2D eigenvalue weighted by Crippen LogP contribution is 2.28. The largest absolute Gasteiger partial charge is 0.508 e. The molecule has 0 radical (unpaired) electrons. The van der Waals surface area contributed by atoms with Crippen molar-refractivity contribution in [2.45, 2.75) is 13.8 Å². The fraction of sp³-hybridized carbons (Fsp3) is 0.0870. The Morgan fingerprint density at radius 1 is 0.815 bits per heavy atom. The van der Waals surface area contributed by atoms with Crippen LogP contribution < -0.4 is 10.2 Å². The van der Waals surface area contributed by atoms with Crippen molar-refractivity contribution < 1.29 is 14.3 Å². The van der Waals surface area contributed by atoms with Crippen molar-refractivity contribution in [2.75, 3.05) is 0 Å². The van der Waals surface area contributed by atoms with Crippen molar-refractivity contribution in [2.24, 2.45) is 0 Å². The smallest absolute Gasteiger partial charge is 0.193 e. The number of hydrogen-bond acceptors (Lipinski definition) is 4. The van der Waals surface area contributed by atoms with Crippen molar-refractivity contribution in [1.82, 2.24) is 0 Å². The van der Waals surface area contributed by atoms with Crippen LogP contribution in [0.15, 0.2) is 75.9 Å². The van der Waals surface area contributed by atoms with Crippen LogP contribution in [0.25, 0.3) is 22.3 Å². The van der Waals surface area contributed by atoms with Crippen molar-refractivity contribution in [3.63, 3.8) is 0 Å². The topological polar surface area (TPSA) is 59.7 Å². The summed E-state index contributed by atoms with van der Waals surface area (Å²) in [6.45, 7) is 4.06. The molecule has 0 aliphatic rings. The van der Waals surface area contributed by atoms with Gasteiger partial charge in [0.15, 0.2) is 5.43 Å². The maximum absolute atomic E-state index is 12.3. The number of fused-ring (bicyclic) bond motifs is 1. The first-order valence-corrected chi connectivity index (χ1v) is 8.61. The van der Waals surface area contributed by atoms with E-state index in [9.17, 15) is 9.90 Å². The zero-order chi connectivity index (χ0) is 19.0. The van der Waals surface area contributed by atoms with Crippen LogP contribution in [0.2, 0.25) is 0 Å². The number of phenols is 1. The van der Waals surface area contributed by atoms with Crippen molar-refractivity contribution in [3.05, 3.63) is 88.1 Å². The predicted molar refractivity (Wildman–Crippen MR) is 106 cm³/mol. The van der Waals surface area contributed by atoms with E-state index in [0.29, 0.717) is 22.5 Å². The lowest BCUT2D eigenvalue weighted by atomic mass is 10.1. The van der Waals surface area contributed by atoms with E-state index in [1.165, 1.54) is 18.2 Å². The third-order valence-electron chi connectivity index (χ3n) is 4.28. The molecular formula is C23H18O4. The second kappa shape index (κ2) is 6.65. The van der Waals surface area contributed by atoms with Gasteiger partial charge in [0.05, 0.1) is 5.39 Å². The van der Waals surface area contributed by atoms with Crippen molar-refractivity contribution in [1.29, 1.82) is 0 Å². The molecule has 0 bridgehead atoms. The van der Waals surface area contributed by atoms with Gasteiger partial charge in [-0.05, 0) is 79.6 Å². The molecule has 0 atom stereocenters. The average molecular weight is 358 g/mol. The number of aromatic hydroxyl groups is 1. The molecule has 0 saturated carbocycles. The lowest BCUT2D eigenvalue weighted by Crippen LogP contribution is -2.00. The summed E-state index contributed by atoms with van der Waals surface area (Å²) in [5, 5.41) is 9.89. The van der Waals surface area contributed by atoms with E-state index in [2.05, 4.69) is 6.07 Å². The maximum atomic E-state index is 12.3. The minimum absolute atomic E-state index is 0.0374. The molecule has 0 spiro atoms. The Morgan fingerprint density at radius 2 is 1.52 bits per heavy atom. The summed E-state index contributed by atoms with van der Waals surface area (Å²) in [5.74, 6) is 2.00. The molecule has 0 fully saturated rings.